The van der Waals surface area contributed by atoms with Gasteiger partial charge in [0.25, 0.3) is 5.56 Å². The lowest BCUT2D eigenvalue weighted by Crippen LogP contribution is -2.34. The fraction of sp³-hybridized carbons (Fsp3) is 0.385. The van der Waals surface area contributed by atoms with Crippen LogP contribution in [0.5, 0.6) is 0 Å². The van der Waals surface area contributed by atoms with Crippen LogP contribution < -0.4 is 21.9 Å². The Kier molecular flexibility index (Phi) is 5.34. The second-order valence-electron chi connectivity index (χ2n) is 5.34. The Labute approximate surface area is 139 Å². The zero-order chi connectivity index (χ0) is 17.9. The Hall–Kier alpha value is -2.69. The van der Waals surface area contributed by atoms with Gasteiger partial charge in [0.15, 0.2) is 5.17 Å². The van der Waals surface area contributed by atoms with Gasteiger partial charge in [-0.05, 0) is 5.92 Å². The molecule has 0 fully saturated rings. The van der Waals surface area contributed by atoms with E-state index in [0.29, 0.717) is 6.54 Å². The first-order valence-electron chi connectivity index (χ1n) is 6.97. The Balaban J connectivity index is 2.07. The molecule has 0 aromatic carbocycles. The number of rotatable bonds is 5. The molecule has 0 unspecified atom stereocenters. The third-order valence-electron chi connectivity index (χ3n) is 2.81. The number of aromatic nitrogens is 2. The smallest absolute Gasteiger partial charge is 0.311 e. The molecule has 11 heteroatoms. The molecule has 1 aliphatic rings. The van der Waals surface area contributed by atoms with Crippen molar-refractivity contribution in [2.45, 2.75) is 20.4 Å². The van der Waals surface area contributed by atoms with Crippen LogP contribution in [0.15, 0.2) is 20.6 Å². The van der Waals surface area contributed by atoms with Crippen LogP contribution in [-0.4, -0.2) is 38.2 Å². The summed E-state index contributed by atoms with van der Waals surface area (Å²) in [5.41, 5.74) is -1.24. The van der Waals surface area contributed by atoms with Crippen molar-refractivity contribution in [2.24, 2.45) is 10.9 Å². The van der Waals surface area contributed by atoms with Crippen molar-refractivity contribution in [3.63, 3.8) is 0 Å². The number of carbonyl (C=O) groups excluding carboxylic acids is 3. The standard InChI is InChI=1S/C13H15N5O5S/c1-6(2)4-18-7(3-8(19)15-13(18)23)14-9(20)5-24-12-16-10(21)11(22)17-12/h3,6H,4-5H2,1-2H3,(H,14,20)(H,15,19,23)(H,16,17,21,22). The molecule has 0 radical (unpaired) electrons. The van der Waals surface area contributed by atoms with Crippen LogP contribution in [0.25, 0.3) is 0 Å². The van der Waals surface area contributed by atoms with Gasteiger partial charge in [0.2, 0.25) is 5.91 Å². The summed E-state index contributed by atoms with van der Waals surface area (Å²) < 4.78 is 1.26. The van der Waals surface area contributed by atoms with Crippen molar-refractivity contribution in [1.29, 1.82) is 0 Å². The minimum absolute atomic E-state index is 0.0330. The lowest BCUT2D eigenvalue weighted by molar-refractivity contribution is -0.135. The van der Waals surface area contributed by atoms with E-state index in [1.165, 1.54) is 4.57 Å². The van der Waals surface area contributed by atoms with Crippen LogP contribution in [0.1, 0.15) is 13.8 Å². The molecule has 1 aromatic rings. The Morgan fingerprint density at radius 1 is 1.33 bits per heavy atom. The summed E-state index contributed by atoms with van der Waals surface area (Å²) in [5.74, 6) is -2.24. The molecule has 2 heterocycles. The van der Waals surface area contributed by atoms with Crippen molar-refractivity contribution < 1.29 is 14.4 Å². The highest BCUT2D eigenvalue weighted by Gasteiger charge is 2.24. The van der Waals surface area contributed by atoms with Gasteiger partial charge in [-0.25, -0.2) is 4.79 Å². The summed E-state index contributed by atoms with van der Waals surface area (Å²) in [6.07, 6.45) is 0. The summed E-state index contributed by atoms with van der Waals surface area (Å²) in [6.45, 7) is 4.09. The van der Waals surface area contributed by atoms with Crippen LogP contribution >= 0.6 is 11.8 Å². The van der Waals surface area contributed by atoms with Crippen LogP contribution in [0.4, 0.5) is 5.82 Å². The largest absolute Gasteiger partial charge is 0.337 e. The van der Waals surface area contributed by atoms with Crippen LogP contribution in [0, 0.1) is 5.92 Å². The predicted molar refractivity (Wildman–Crippen MR) is 87.8 cm³/mol. The van der Waals surface area contributed by atoms with Gasteiger partial charge in [-0.1, -0.05) is 25.6 Å². The first-order chi connectivity index (χ1) is 11.3. The summed E-state index contributed by atoms with van der Waals surface area (Å²) in [5, 5.41) is 4.72. The third kappa shape index (κ3) is 4.41. The molecular formula is C13H15N5O5S. The molecule has 0 saturated carbocycles. The van der Waals surface area contributed by atoms with Crippen molar-refractivity contribution in [3.8, 4) is 0 Å². The summed E-state index contributed by atoms with van der Waals surface area (Å²) in [4.78, 5) is 62.8. The zero-order valence-corrected chi connectivity index (χ0v) is 13.7. The molecule has 0 aliphatic carbocycles. The molecule has 1 aliphatic heterocycles. The molecule has 1 aromatic heterocycles. The monoisotopic (exact) mass is 353 g/mol. The molecule has 3 amide bonds. The van der Waals surface area contributed by atoms with E-state index < -0.39 is 29.0 Å². The number of anilines is 1. The summed E-state index contributed by atoms with van der Waals surface area (Å²) >= 11 is 0.859. The van der Waals surface area contributed by atoms with Gasteiger partial charge in [-0.2, -0.15) is 4.99 Å². The van der Waals surface area contributed by atoms with Crippen molar-refractivity contribution in [1.82, 2.24) is 14.9 Å². The van der Waals surface area contributed by atoms with E-state index in [1.54, 1.807) is 0 Å². The maximum atomic E-state index is 12.0. The highest BCUT2D eigenvalue weighted by atomic mass is 32.2. The topological polar surface area (TPSA) is 142 Å². The second kappa shape index (κ2) is 7.25. The molecule has 24 heavy (non-hydrogen) atoms. The van der Waals surface area contributed by atoms with E-state index in [-0.39, 0.29) is 22.7 Å². The van der Waals surface area contributed by atoms with Gasteiger partial charge in [0.1, 0.15) is 5.82 Å². The normalized spacial score (nSPS) is 13.9. The number of nitrogens with one attached hydrogen (secondary N) is 3. The molecule has 0 atom stereocenters. The Morgan fingerprint density at radius 2 is 2.04 bits per heavy atom. The maximum Gasteiger partial charge on any atom is 0.337 e. The quantitative estimate of drug-likeness (QED) is 0.572. The predicted octanol–water partition coefficient (Wildman–Crippen LogP) is -1.12. The van der Waals surface area contributed by atoms with Gasteiger partial charge in [-0.3, -0.25) is 34.0 Å². The fourth-order valence-electron chi connectivity index (χ4n) is 1.87. The lowest BCUT2D eigenvalue weighted by atomic mass is 10.2. The molecule has 10 nitrogen and oxygen atoms in total. The third-order valence-corrected chi connectivity index (χ3v) is 3.68. The van der Waals surface area contributed by atoms with Crippen molar-refractivity contribution in [2.75, 3.05) is 11.1 Å². The van der Waals surface area contributed by atoms with E-state index in [1.807, 2.05) is 13.8 Å². The SMILES string of the molecule is CC(C)Cn1c(NC(=O)CSC2=NC(=O)C(=O)N2)cc(=O)[nH]c1=O. The Morgan fingerprint density at radius 3 is 2.62 bits per heavy atom. The first-order valence-corrected chi connectivity index (χ1v) is 7.95. The number of hydrogen-bond acceptors (Lipinski definition) is 6. The van der Waals surface area contributed by atoms with E-state index >= 15 is 0 Å². The molecule has 0 bridgehead atoms. The number of aliphatic imine (C=N–C) groups is 1. The average molecular weight is 353 g/mol. The molecule has 128 valence electrons. The number of nitrogens with zero attached hydrogens (tertiary/aromatic N) is 2. The number of aromatic amines is 1. The number of amidine groups is 1. The van der Waals surface area contributed by atoms with E-state index in [9.17, 15) is 24.0 Å². The second-order valence-corrected chi connectivity index (χ2v) is 6.31. The number of amides is 3. The van der Waals surface area contributed by atoms with Gasteiger partial charge >= 0.3 is 17.5 Å². The van der Waals surface area contributed by atoms with Crippen LogP contribution in [0.2, 0.25) is 0 Å². The summed E-state index contributed by atoms with van der Waals surface area (Å²) in [6, 6.07) is 1.12. The minimum atomic E-state index is -0.918. The van der Waals surface area contributed by atoms with Crippen LogP contribution in [-0.2, 0) is 20.9 Å². The van der Waals surface area contributed by atoms with E-state index in [2.05, 4.69) is 20.6 Å². The molecule has 0 spiro atoms. The number of H-pyrrole nitrogens is 1. The van der Waals surface area contributed by atoms with Gasteiger partial charge in [0, 0.05) is 12.6 Å². The zero-order valence-electron chi connectivity index (χ0n) is 12.9. The maximum absolute atomic E-state index is 12.0. The summed E-state index contributed by atoms with van der Waals surface area (Å²) in [7, 11) is 0. The highest BCUT2D eigenvalue weighted by Crippen LogP contribution is 2.09. The Bertz CT molecular complexity index is 838. The van der Waals surface area contributed by atoms with E-state index in [0.717, 1.165) is 17.8 Å². The van der Waals surface area contributed by atoms with Gasteiger partial charge in [-0.15, -0.1) is 0 Å². The van der Waals surface area contributed by atoms with Gasteiger partial charge < -0.3 is 5.32 Å². The molecule has 2 rings (SSSR count). The first kappa shape index (κ1) is 17.7. The molecular weight excluding hydrogens is 338 g/mol. The lowest BCUT2D eigenvalue weighted by Gasteiger charge is -2.14. The molecule has 3 N–H and O–H groups in total. The van der Waals surface area contributed by atoms with Gasteiger partial charge in [0.05, 0.1) is 5.75 Å². The average Bonchev–Trinajstić information content (AvgIpc) is 2.79. The number of hydrogen-bond donors (Lipinski definition) is 3. The van der Waals surface area contributed by atoms with Crippen molar-refractivity contribution >= 4 is 40.5 Å². The fourth-order valence-corrected chi connectivity index (χ4v) is 2.53. The number of thioether (sulfide) groups is 1. The molecule has 0 saturated heterocycles. The minimum Gasteiger partial charge on any atom is -0.311 e. The highest BCUT2D eigenvalue weighted by molar-refractivity contribution is 8.14. The van der Waals surface area contributed by atoms with E-state index in [4.69, 9.17) is 0 Å². The van der Waals surface area contributed by atoms with Crippen LogP contribution in [0.3, 0.4) is 0 Å². The number of carbonyl (C=O) groups is 3. The van der Waals surface area contributed by atoms with Crippen molar-refractivity contribution in [3.05, 3.63) is 26.9 Å².